The van der Waals surface area contributed by atoms with E-state index < -0.39 is 12.1 Å². The van der Waals surface area contributed by atoms with Gasteiger partial charge in [0.15, 0.2) is 0 Å². The van der Waals surface area contributed by atoms with Crippen LogP contribution in [0.4, 0.5) is 9.59 Å². The molecule has 0 atom stereocenters. The zero-order valence-electron chi connectivity index (χ0n) is 8.26. The summed E-state index contributed by atoms with van der Waals surface area (Å²) in [6.45, 7) is 0.727. The molecule has 0 bridgehead atoms. The molecule has 0 aliphatic heterocycles. The largest absolute Gasteiger partial charge is 0.378 e. The molecule has 0 aromatic heterocycles. The molecule has 0 aromatic carbocycles. The lowest BCUT2D eigenvalue weighted by molar-refractivity contribution is 0.0958. The van der Waals surface area contributed by atoms with Gasteiger partial charge in [-0.25, -0.2) is 21.3 Å². The highest BCUT2D eigenvalue weighted by Gasteiger charge is 2.04. The standard InChI is InChI=1S/C6H16N6O3/c7-5(13)11(9)1-3-15-4-2-12(10)6(8)14/h1-4,9-10H2,(H2,7,13)(H2,8,14). The van der Waals surface area contributed by atoms with Gasteiger partial charge in [0, 0.05) is 0 Å². The van der Waals surface area contributed by atoms with E-state index in [9.17, 15) is 9.59 Å². The zero-order valence-corrected chi connectivity index (χ0v) is 8.26. The first kappa shape index (κ1) is 13.4. The average molecular weight is 220 g/mol. The fraction of sp³-hybridized carbons (Fsp3) is 0.667. The maximum Gasteiger partial charge on any atom is 0.328 e. The number of amides is 4. The second-order valence-electron chi connectivity index (χ2n) is 2.68. The monoisotopic (exact) mass is 220 g/mol. The molecule has 88 valence electrons. The molecule has 0 radical (unpaired) electrons. The molecule has 9 heteroatoms. The van der Waals surface area contributed by atoms with E-state index in [0.29, 0.717) is 0 Å². The third kappa shape index (κ3) is 6.49. The van der Waals surface area contributed by atoms with Crippen LogP contribution >= 0.6 is 0 Å². The lowest BCUT2D eigenvalue weighted by atomic mass is 10.6. The minimum atomic E-state index is -0.740. The van der Waals surface area contributed by atoms with Gasteiger partial charge in [0.2, 0.25) is 0 Å². The van der Waals surface area contributed by atoms with E-state index in [1.807, 2.05) is 0 Å². The Labute approximate surface area is 86.8 Å². The van der Waals surface area contributed by atoms with Crippen LogP contribution in [-0.2, 0) is 4.74 Å². The number of carbonyl (C=O) groups is 2. The molecule has 0 heterocycles. The van der Waals surface area contributed by atoms with Gasteiger partial charge in [-0.05, 0) is 0 Å². The Morgan fingerprint density at radius 2 is 1.27 bits per heavy atom. The Bertz CT molecular complexity index is 201. The van der Waals surface area contributed by atoms with Crippen molar-refractivity contribution in [1.29, 1.82) is 0 Å². The van der Waals surface area contributed by atoms with Crippen LogP contribution in [-0.4, -0.2) is 48.4 Å². The van der Waals surface area contributed by atoms with Gasteiger partial charge < -0.3 is 16.2 Å². The Morgan fingerprint density at radius 3 is 1.53 bits per heavy atom. The molecule has 8 N–H and O–H groups in total. The summed E-state index contributed by atoms with van der Waals surface area (Å²) in [5, 5.41) is 1.63. The number of hydrogen-bond acceptors (Lipinski definition) is 5. The Hall–Kier alpha value is -1.58. The van der Waals surface area contributed by atoms with E-state index in [-0.39, 0.29) is 26.3 Å². The molecule has 0 rings (SSSR count). The van der Waals surface area contributed by atoms with E-state index in [4.69, 9.17) is 27.9 Å². The molecule has 0 saturated heterocycles. The number of rotatable bonds is 6. The average Bonchev–Trinajstić information content (AvgIpc) is 2.16. The molecule has 0 fully saturated rings. The molecule has 4 amide bonds. The van der Waals surface area contributed by atoms with Crippen molar-refractivity contribution < 1.29 is 14.3 Å². The number of carbonyl (C=O) groups excluding carboxylic acids is 2. The van der Waals surface area contributed by atoms with Gasteiger partial charge in [-0.15, -0.1) is 0 Å². The number of hydrogen-bond donors (Lipinski definition) is 4. The maximum atomic E-state index is 10.4. The third-order valence-corrected chi connectivity index (χ3v) is 1.52. The van der Waals surface area contributed by atoms with Crippen LogP contribution in [0, 0.1) is 0 Å². The minimum Gasteiger partial charge on any atom is -0.378 e. The lowest BCUT2D eigenvalue weighted by Crippen LogP contribution is -2.44. The van der Waals surface area contributed by atoms with Gasteiger partial charge in [-0.1, -0.05) is 0 Å². The van der Waals surface area contributed by atoms with Gasteiger partial charge in [0.25, 0.3) is 0 Å². The van der Waals surface area contributed by atoms with Crippen LogP contribution in [0.1, 0.15) is 0 Å². The molecular weight excluding hydrogens is 204 g/mol. The zero-order chi connectivity index (χ0) is 11.8. The van der Waals surface area contributed by atoms with Gasteiger partial charge in [-0.3, -0.25) is 10.0 Å². The van der Waals surface area contributed by atoms with Crippen molar-refractivity contribution in [3.63, 3.8) is 0 Å². The Kier molecular flexibility index (Phi) is 6.09. The van der Waals surface area contributed by atoms with Crippen LogP contribution in [0.3, 0.4) is 0 Å². The molecule has 0 saturated carbocycles. The molecule has 0 aromatic rings. The van der Waals surface area contributed by atoms with Crippen molar-refractivity contribution in [2.24, 2.45) is 23.2 Å². The van der Waals surface area contributed by atoms with Crippen molar-refractivity contribution in [3.8, 4) is 0 Å². The number of nitrogens with two attached hydrogens (primary N) is 4. The number of nitrogens with zero attached hydrogens (tertiary/aromatic N) is 2. The summed E-state index contributed by atoms with van der Waals surface area (Å²) in [5.41, 5.74) is 9.71. The van der Waals surface area contributed by atoms with Crippen molar-refractivity contribution in [2.75, 3.05) is 26.3 Å². The Balaban J connectivity index is 3.40. The number of urea groups is 2. The summed E-state index contributed by atoms with van der Waals surface area (Å²) >= 11 is 0. The van der Waals surface area contributed by atoms with E-state index in [2.05, 4.69) is 0 Å². The topological polar surface area (TPSA) is 154 Å². The van der Waals surface area contributed by atoms with Gasteiger partial charge in [0.1, 0.15) is 0 Å². The molecule has 0 spiro atoms. The van der Waals surface area contributed by atoms with Crippen molar-refractivity contribution in [1.82, 2.24) is 10.0 Å². The summed E-state index contributed by atoms with van der Waals surface area (Å²) in [4.78, 5) is 20.9. The van der Waals surface area contributed by atoms with Gasteiger partial charge >= 0.3 is 12.1 Å². The summed E-state index contributed by atoms with van der Waals surface area (Å²) in [5.74, 6) is 10.4. The first-order chi connectivity index (χ1) is 6.95. The van der Waals surface area contributed by atoms with E-state index in [1.54, 1.807) is 0 Å². The summed E-state index contributed by atoms with van der Waals surface area (Å²) in [6.07, 6.45) is 0. The second-order valence-corrected chi connectivity index (χ2v) is 2.68. The fourth-order valence-corrected chi connectivity index (χ4v) is 0.648. The number of primary amides is 2. The second kappa shape index (κ2) is 6.81. The molecular formula is C6H16N6O3. The van der Waals surface area contributed by atoms with Crippen LogP contribution in [0.25, 0.3) is 0 Å². The summed E-state index contributed by atoms with van der Waals surface area (Å²) in [6, 6.07) is -1.48. The Morgan fingerprint density at radius 1 is 0.933 bits per heavy atom. The van der Waals surface area contributed by atoms with E-state index >= 15 is 0 Å². The molecule has 0 unspecified atom stereocenters. The fourth-order valence-electron chi connectivity index (χ4n) is 0.648. The van der Waals surface area contributed by atoms with Crippen molar-refractivity contribution >= 4 is 12.1 Å². The highest BCUT2D eigenvalue weighted by atomic mass is 16.5. The van der Waals surface area contributed by atoms with Crippen molar-refractivity contribution in [2.45, 2.75) is 0 Å². The summed E-state index contributed by atoms with van der Waals surface area (Å²) < 4.78 is 5.02. The predicted octanol–water partition coefficient (Wildman–Crippen LogP) is -2.49. The molecule has 0 aliphatic carbocycles. The van der Waals surface area contributed by atoms with E-state index in [0.717, 1.165) is 10.0 Å². The van der Waals surface area contributed by atoms with Crippen LogP contribution < -0.4 is 23.2 Å². The highest BCUT2D eigenvalue weighted by molar-refractivity contribution is 5.71. The minimum absolute atomic E-state index is 0.163. The smallest absolute Gasteiger partial charge is 0.328 e. The van der Waals surface area contributed by atoms with E-state index in [1.165, 1.54) is 0 Å². The normalized spacial score (nSPS) is 9.73. The lowest BCUT2D eigenvalue weighted by Gasteiger charge is -2.15. The first-order valence-electron chi connectivity index (χ1n) is 4.16. The van der Waals surface area contributed by atoms with Crippen LogP contribution in [0.2, 0.25) is 0 Å². The highest BCUT2D eigenvalue weighted by Crippen LogP contribution is 1.82. The first-order valence-corrected chi connectivity index (χ1v) is 4.16. The quantitative estimate of drug-likeness (QED) is 0.169. The third-order valence-electron chi connectivity index (χ3n) is 1.52. The van der Waals surface area contributed by atoms with Gasteiger partial charge in [-0.2, -0.15) is 0 Å². The predicted molar refractivity (Wildman–Crippen MR) is 51.8 cm³/mol. The number of hydrazine groups is 2. The maximum absolute atomic E-state index is 10.4. The van der Waals surface area contributed by atoms with Crippen LogP contribution in [0.15, 0.2) is 0 Å². The van der Waals surface area contributed by atoms with Crippen LogP contribution in [0.5, 0.6) is 0 Å². The number of ether oxygens (including phenoxy) is 1. The molecule has 15 heavy (non-hydrogen) atoms. The SMILES string of the molecule is NC(=O)N(N)CCOCCN(N)C(N)=O. The summed E-state index contributed by atoms with van der Waals surface area (Å²) in [7, 11) is 0. The van der Waals surface area contributed by atoms with Gasteiger partial charge in [0.05, 0.1) is 26.3 Å². The van der Waals surface area contributed by atoms with Crippen molar-refractivity contribution in [3.05, 3.63) is 0 Å². The molecule has 9 nitrogen and oxygen atoms in total. The molecule has 0 aliphatic rings.